The van der Waals surface area contributed by atoms with E-state index in [1.54, 1.807) is 0 Å². The maximum atomic E-state index is 5.76. The van der Waals surface area contributed by atoms with Crippen LogP contribution in [0.4, 0.5) is 0 Å². The van der Waals surface area contributed by atoms with Gasteiger partial charge in [0.2, 0.25) is 0 Å². The van der Waals surface area contributed by atoms with E-state index in [9.17, 15) is 0 Å². The Morgan fingerprint density at radius 2 is 2.05 bits per heavy atom. The van der Waals surface area contributed by atoms with Gasteiger partial charge < -0.3 is 5.73 Å². The first-order chi connectivity index (χ1) is 9.02. The van der Waals surface area contributed by atoms with E-state index in [0.717, 1.165) is 22.5 Å². The molecule has 1 aromatic carbocycles. The lowest BCUT2D eigenvalue weighted by Gasteiger charge is -2.09. The van der Waals surface area contributed by atoms with E-state index in [2.05, 4.69) is 48.9 Å². The molecule has 0 spiro atoms. The van der Waals surface area contributed by atoms with Gasteiger partial charge in [-0.2, -0.15) is 0 Å². The first kappa shape index (κ1) is 13.5. The van der Waals surface area contributed by atoms with Crippen LogP contribution in [0.5, 0.6) is 0 Å². The van der Waals surface area contributed by atoms with Crippen LogP contribution in [0, 0.1) is 13.8 Å². The van der Waals surface area contributed by atoms with Crippen molar-refractivity contribution in [1.29, 1.82) is 0 Å². The molecule has 2 N–H and O–H groups in total. The van der Waals surface area contributed by atoms with Gasteiger partial charge in [0, 0.05) is 12.1 Å². The van der Waals surface area contributed by atoms with Gasteiger partial charge in [-0.3, -0.25) is 0 Å². The van der Waals surface area contributed by atoms with E-state index in [0.29, 0.717) is 13.1 Å². The minimum absolute atomic E-state index is 0.387. The van der Waals surface area contributed by atoms with Gasteiger partial charge in [0.1, 0.15) is 5.69 Å². The van der Waals surface area contributed by atoms with Gasteiger partial charge in [-0.05, 0) is 38.0 Å². The number of aromatic nitrogens is 3. The molecule has 0 bridgehead atoms. The molecule has 4 nitrogen and oxygen atoms in total. The summed E-state index contributed by atoms with van der Waals surface area (Å²) in [4.78, 5) is 0. The van der Waals surface area contributed by atoms with Crippen molar-refractivity contribution in [3.8, 4) is 11.3 Å². The third-order valence-electron chi connectivity index (χ3n) is 3.20. The first-order valence-corrected chi connectivity index (χ1v) is 6.37. The van der Waals surface area contributed by atoms with E-state index in [1.807, 2.05) is 11.6 Å². The van der Waals surface area contributed by atoms with Gasteiger partial charge in [-0.15, -0.1) is 5.10 Å². The van der Waals surface area contributed by atoms with Crippen molar-refractivity contribution >= 4 is 0 Å². The van der Waals surface area contributed by atoms with E-state index >= 15 is 0 Å². The summed E-state index contributed by atoms with van der Waals surface area (Å²) in [6.45, 7) is 11.2. The van der Waals surface area contributed by atoms with Gasteiger partial charge >= 0.3 is 0 Å². The molecule has 0 saturated heterocycles. The highest BCUT2D eigenvalue weighted by Crippen LogP contribution is 2.25. The minimum atomic E-state index is 0.387. The van der Waals surface area contributed by atoms with Crippen LogP contribution in [0.3, 0.4) is 0 Å². The van der Waals surface area contributed by atoms with Gasteiger partial charge in [-0.1, -0.05) is 29.5 Å². The Kier molecular flexibility index (Phi) is 3.81. The highest BCUT2D eigenvalue weighted by atomic mass is 15.4. The molecule has 4 heteroatoms. The zero-order valence-electron chi connectivity index (χ0n) is 11.8. The number of allylic oxidation sites excluding steroid dienone is 1. The highest BCUT2D eigenvalue weighted by molar-refractivity contribution is 5.63. The molecule has 0 saturated carbocycles. The maximum absolute atomic E-state index is 5.76. The van der Waals surface area contributed by atoms with E-state index < -0.39 is 0 Å². The standard InChI is InChI=1S/C15H20N4/c1-10(2)9-19-15(14(8-16)17-18-19)13-6-5-11(3)12(4)7-13/h5-7H,1,8-9,16H2,2-4H3. The summed E-state index contributed by atoms with van der Waals surface area (Å²) in [5.41, 5.74) is 12.3. The Bertz CT molecular complexity index is 611. The predicted molar refractivity (Wildman–Crippen MR) is 77.6 cm³/mol. The smallest absolute Gasteiger partial charge is 0.104 e. The fourth-order valence-corrected chi connectivity index (χ4v) is 2.06. The molecule has 100 valence electrons. The van der Waals surface area contributed by atoms with Crippen LogP contribution in [-0.2, 0) is 13.1 Å². The summed E-state index contributed by atoms with van der Waals surface area (Å²) in [6, 6.07) is 6.36. The Morgan fingerprint density at radius 3 is 2.63 bits per heavy atom. The predicted octanol–water partition coefficient (Wildman–Crippen LogP) is 2.60. The second kappa shape index (κ2) is 5.36. The molecule has 0 fully saturated rings. The third-order valence-corrected chi connectivity index (χ3v) is 3.20. The molecule has 0 unspecified atom stereocenters. The Hall–Kier alpha value is -1.94. The summed E-state index contributed by atoms with van der Waals surface area (Å²) < 4.78 is 1.87. The quantitative estimate of drug-likeness (QED) is 0.855. The number of nitrogens with two attached hydrogens (primary N) is 1. The highest BCUT2D eigenvalue weighted by Gasteiger charge is 2.14. The van der Waals surface area contributed by atoms with Crippen LogP contribution in [-0.4, -0.2) is 15.0 Å². The summed E-state index contributed by atoms with van der Waals surface area (Å²) in [7, 11) is 0. The average molecular weight is 256 g/mol. The average Bonchev–Trinajstić information content (AvgIpc) is 2.74. The zero-order valence-corrected chi connectivity index (χ0v) is 11.8. The summed E-state index contributed by atoms with van der Waals surface area (Å²) >= 11 is 0. The molecule has 0 radical (unpaired) electrons. The van der Waals surface area contributed by atoms with Crippen molar-refractivity contribution in [1.82, 2.24) is 15.0 Å². The van der Waals surface area contributed by atoms with Crippen molar-refractivity contribution in [3.05, 3.63) is 47.2 Å². The molecule has 19 heavy (non-hydrogen) atoms. The second-order valence-electron chi connectivity index (χ2n) is 5.00. The largest absolute Gasteiger partial charge is 0.325 e. The molecule has 2 aromatic rings. The van der Waals surface area contributed by atoms with Crippen molar-refractivity contribution in [2.75, 3.05) is 0 Å². The molecular weight excluding hydrogens is 236 g/mol. The number of rotatable bonds is 4. The summed E-state index contributed by atoms with van der Waals surface area (Å²) in [5.74, 6) is 0. The fourth-order valence-electron chi connectivity index (χ4n) is 2.06. The Morgan fingerprint density at radius 1 is 1.32 bits per heavy atom. The topological polar surface area (TPSA) is 56.7 Å². The van der Waals surface area contributed by atoms with E-state index in [-0.39, 0.29) is 0 Å². The zero-order chi connectivity index (χ0) is 14.0. The van der Waals surface area contributed by atoms with Crippen molar-refractivity contribution in [2.45, 2.75) is 33.9 Å². The first-order valence-electron chi connectivity index (χ1n) is 6.37. The Balaban J connectivity index is 2.54. The van der Waals surface area contributed by atoms with Crippen LogP contribution in [0.25, 0.3) is 11.3 Å². The van der Waals surface area contributed by atoms with Gasteiger partial charge in [0.25, 0.3) is 0 Å². The van der Waals surface area contributed by atoms with Crippen molar-refractivity contribution in [2.24, 2.45) is 5.73 Å². The number of benzene rings is 1. The molecule has 2 rings (SSSR count). The fraction of sp³-hybridized carbons (Fsp3) is 0.333. The molecule has 0 aliphatic rings. The number of hydrogen-bond donors (Lipinski definition) is 1. The summed E-state index contributed by atoms with van der Waals surface area (Å²) in [6.07, 6.45) is 0. The van der Waals surface area contributed by atoms with Crippen LogP contribution >= 0.6 is 0 Å². The van der Waals surface area contributed by atoms with Crippen molar-refractivity contribution in [3.63, 3.8) is 0 Å². The lowest BCUT2D eigenvalue weighted by molar-refractivity contribution is 0.648. The van der Waals surface area contributed by atoms with Crippen LogP contribution < -0.4 is 5.73 Å². The molecular formula is C15H20N4. The van der Waals surface area contributed by atoms with Crippen molar-refractivity contribution < 1.29 is 0 Å². The van der Waals surface area contributed by atoms with E-state index in [4.69, 9.17) is 5.73 Å². The van der Waals surface area contributed by atoms with Crippen LogP contribution in [0.2, 0.25) is 0 Å². The van der Waals surface area contributed by atoms with Gasteiger partial charge in [0.05, 0.1) is 12.2 Å². The monoisotopic (exact) mass is 256 g/mol. The lowest BCUT2D eigenvalue weighted by Crippen LogP contribution is -2.05. The third kappa shape index (κ3) is 2.74. The van der Waals surface area contributed by atoms with Gasteiger partial charge in [-0.25, -0.2) is 4.68 Å². The minimum Gasteiger partial charge on any atom is -0.325 e. The second-order valence-corrected chi connectivity index (χ2v) is 5.00. The van der Waals surface area contributed by atoms with E-state index in [1.165, 1.54) is 11.1 Å². The van der Waals surface area contributed by atoms with Crippen LogP contribution in [0.15, 0.2) is 30.4 Å². The molecule has 0 amide bonds. The number of nitrogens with zero attached hydrogens (tertiary/aromatic N) is 3. The lowest BCUT2D eigenvalue weighted by atomic mass is 10.0. The summed E-state index contributed by atoms with van der Waals surface area (Å²) in [5, 5.41) is 8.34. The SMILES string of the molecule is C=C(C)Cn1nnc(CN)c1-c1ccc(C)c(C)c1. The maximum Gasteiger partial charge on any atom is 0.104 e. The molecule has 0 atom stereocenters. The molecule has 0 aliphatic carbocycles. The van der Waals surface area contributed by atoms with Gasteiger partial charge in [0.15, 0.2) is 0 Å². The van der Waals surface area contributed by atoms with Crippen LogP contribution in [0.1, 0.15) is 23.7 Å². The number of aryl methyl sites for hydroxylation is 2. The normalized spacial score (nSPS) is 10.7. The molecule has 0 aliphatic heterocycles. The molecule has 1 heterocycles. The number of hydrogen-bond acceptors (Lipinski definition) is 3. The Labute approximate surface area is 113 Å². The molecule has 1 aromatic heterocycles.